The standard InChI is InChI=1S/C37H43N5O5Si/c1-25-35(48(3,4)30-13-11-29(46-2)12-14-30)33(16-19-40-24-27(18-21-43)38-39-40)47-37(25)31-22-28(41-20-17-34(41)44)10-15-32(31)42(36(37)45)23-26-8-6-5-7-9-26/h5-15,22,24-25,33,35,43H,16-21,23H2,1-4H3/t25-,33+,35-,37+/m0/s1. The molecular formula is C37H43N5O5Si. The largest absolute Gasteiger partial charge is 0.497 e. The molecule has 3 aliphatic rings. The molecule has 3 aromatic carbocycles. The molecule has 10 nitrogen and oxygen atoms in total. The van der Waals surface area contributed by atoms with Crippen LogP contribution in [0.4, 0.5) is 11.4 Å². The first-order chi connectivity index (χ1) is 23.2. The highest BCUT2D eigenvalue weighted by Gasteiger charge is 2.66. The first kappa shape index (κ1) is 32.2. The molecule has 4 atom stereocenters. The molecule has 2 amide bonds. The summed E-state index contributed by atoms with van der Waals surface area (Å²) in [6.07, 6.45) is 3.24. The second-order valence-corrected chi connectivity index (χ2v) is 18.5. The first-order valence-electron chi connectivity index (χ1n) is 16.8. The van der Waals surface area contributed by atoms with Crippen molar-refractivity contribution >= 4 is 36.4 Å². The van der Waals surface area contributed by atoms with Crippen molar-refractivity contribution in [3.63, 3.8) is 0 Å². The van der Waals surface area contributed by atoms with Gasteiger partial charge in [0.05, 0.1) is 39.2 Å². The van der Waals surface area contributed by atoms with Gasteiger partial charge in [-0.2, -0.15) is 0 Å². The van der Waals surface area contributed by atoms with Gasteiger partial charge in [-0.25, -0.2) is 0 Å². The van der Waals surface area contributed by atoms with Gasteiger partial charge in [-0.3, -0.25) is 14.3 Å². The number of carbonyl (C=O) groups is 2. The van der Waals surface area contributed by atoms with Gasteiger partial charge in [0.15, 0.2) is 5.60 Å². The molecular weight excluding hydrogens is 623 g/mol. The van der Waals surface area contributed by atoms with E-state index in [2.05, 4.69) is 42.5 Å². The monoisotopic (exact) mass is 665 g/mol. The highest BCUT2D eigenvalue weighted by molar-refractivity contribution is 6.91. The molecule has 2 fully saturated rings. The zero-order chi connectivity index (χ0) is 33.6. The van der Waals surface area contributed by atoms with Crippen LogP contribution in [0.25, 0.3) is 0 Å². The topological polar surface area (TPSA) is 110 Å². The van der Waals surface area contributed by atoms with Crippen LogP contribution in [0, 0.1) is 5.92 Å². The number of rotatable bonds is 11. The molecule has 1 N–H and O–H groups in total. The van der Waals surface area contributed by atoms with E-state index in [0.29, 0.717) is 38.9 Å². The number of ether oxygens (including phenoxy) is 2. The normalized spacial score (nSPS) is 23.6. The number of carbonyl (C=O) groups excluding carboxylic acids is 2. The Balaban J connectivity index is 1.32. The van der Waals surface area contributed by atoms with E-state index in [1.165, 1.54) is 5.19 Å². The van der Waals surface area contributed by atoms with Crippen molar-refractivity contribution in [3.8, 4) is 5.75 Å². The number of methoxy groups -OCH3 is 1. The van der Waals surface area contributed by atoms with E-state index in [-0.39, 0.29) is 36.0 Å². The number of nitrogens with zero attached hydrogens (tertiary/aromatic N) is 5. The molecule has 4 heterocycles. The van der Waals surface area contributed by atoms with Gasteiger partial charge in [0.2, 0.25) is 5.91 Å². The second kappa shape index (κ2) is 12.6. The van der Waals surface area contributed by atoms with Gasteiger partial charge >= 0.3 is 0 Å². The third-order valence-electron chi connectivity index (χ3n) is 10.8. The third-order valence-corrected chi connectivity index (χ3v) is 15.1. The number of hydrogen-bond donors (Lipinski definition) is 1. The average molecular weight is 666 g/mol. The molecule has 250 valence electrons. The number of aliphatic hydroxyl groups is 1. The zero-order valence-corrected chi connectivity index (χ0v) is 29.0. The Morgan fingerprint density at radius 3 is 2.50 bits per heavy atom. The minimum atomic E-state index is -2.33. The van der Waals surface area contributed by atoms with Crippen LogP contribution in [-0.2, 0) is 39.4 Å². The fourth-order valence-electron chi connectivity index (χ4n) is 8.19. The van der Waals surface area contributed by atoms with Crippen LogP contribution in [0.5, 0.6) is 5.75 Å². The number of hydrogen-bond acceptors (Lipinski definition) is 7. The van der Waals surface area contributed by atoms with Gasteiger partial charge in [0, 0.05) is 55.9 Å². The molecule has 0 aliphatic carbocycles. The lowest BCUT2D eigenvalue weighted by Gasteiger charge is -2.37. The molecule has 48 heavy (non-hydrogen) atoms. The Bertz CT molecular complexity index is 1810. The second-order valence-electron chi connectivity index (χ2n) is 13.8. The van der Waals surface area contributed by atoms with Crippen LogP contribution in [0.15, 0.2) is 79.0 Å². The number of aromatic nitrogens is 3. The summed E-state index contributed by atoms with van der Waals surface area (Å²) >= 11 is 0. The van der Waals surface area contributed by atoms with Crippen LogP contribution >= 0.6 is 0 Å². The van der Waals surface area contributed by atoms with E-state index in [0.717, 1.165) is 33.9 Å². The summed E-state index contributed by atoms with van der Waals surface area (Å²) in [4.78, 5) is 31.3. The Morgan fingerprint density at radius 2 is 1.83 bits per heavy atom. The Labute approximate surface area is 282 Å². The average Bonchev–Trinajstić information content (AvgIpc) is 3.73. The smallest absolute Gasteiger partial charge is 0.264 e. The lowest BCUT2D eigenvalue weighted by Crippen LogP contribution is -2.51. The molecule has 0 saturated carbocycles. The van der Waals surface area contributed by atoms with E-state index >= 15 is 4.79 Å². The van der Waals surface area contributed by atoms with E-state index in [1.54, 1.807) is 12.0 Å². The summed E-state index contributed by atoms with van der Waals surface area (Å²) in [6, 6.07) is 24.4. The Kier molecular flexibility index (Phi) is 8.47. The Morgan fingerprint density at radius 1 is 1.06 bits per heavy atom. The predicted octanol–water partition coefficient (Wildman–Crippen LogP) is 4.41. The summed E-state index contributed by atoms with van der Waals surface area (Å²) in [5, 5.41) is 19.2. The molecule has 3 aliphatic heterocycles. The Hall–Kier alpha value is -4.32. The fraction of sp³-hybridized carbons (Fsp3) is 0.405. The summed E-state index contributed by atoms with van der Waals surface area (Å²) in [5.74, 6) is 0.675. The van der Waals surface area contributed by atoms with Gasteiger partial charge in [-0.15, -0.1) is 5.10 Å². The maximum Gasteiger partial charge on any atom is 0.264 e. The molecule has 11 heteroatoms. The number of aryl methyl sites for hydroxylation is 1. The fourth-order valence-corrected chi connectivity index (χ4v) is 12.2. The summed E-state index contributed by atoms with van der Waals surface area (Å²) in [6.45, 7) is 8.60. The van der Waals surface area contributed by atoms with Crippen LogP contribution in [0.1, 0.15) is 36.6 Å². The molecule has 1 aromatic heterocycles. The maximum atomic E-state index is 15.1. The molecule has 0 bridgehead atoms. The van der Waals surface area contributed by atoms with Crippen LogP contribution in [0.3, 0.4) is 0 Å². The first-order valence-corrected chi connectivity index (χ1v) is 19.9. The van der Waals surface area contributed by atoms with E-state index in [9.17, 15) is 9.90 Å². The molecule has 4 aromatic rings. The van der Waals surface area contributed by atoms with Crippen molar-refractivity contribution in [1.82, 2.24) is 15.0 Å². The molecule has 0 radical (unpaired) electrons. The lowest BCUT2D eigenvalue weighted by molar-refractivity contribution is -0.146. The number of fused-ring (bicyclic) bond motifs is 2. The predicted molar refractivity (Wildman–Crippen MR) is 186 cm³/mol. The molecule has 0 unspecified atom stereocenters. The molecule has 1 spiro atoms. The number of amides is 2. The van der Waals surface area contributed by atoms with Gasteiger partial charge in [0.1, 0.15) is 5.75 Å². The van der Waals surface area contributed by atoms with Gasteiger partial charge in [-0.05, 0) is 47.9 Å². The van der Waals surface area contributed by atoms with Crippen molar-refractivity contribution in [2.75, 3.05) is 30.1 Å². The zero-order valence-electron chi connectivity index (χ0n) is 28.0. The molecule has 7 rings (SSSR count). The van der Waals surface area contributed by atoms with E-state index in [1.807, 2.05) is 76.4 Å². The van der Waals surface area contributed by atoms with Crippen molar-refractivity contribution in [2.45, 2.75) is 69.6 Å². The number of anilines is 2. The van der Waals surface area contributed by atoms with Crippen molar-refractivity contribution in [3.05, 3.63) is 95.8 Å². The molecule has 2 saturated heterocycles. The number of β-lactam (4-membered cyclic amide) rings is 1. The highest BCUT2D eigenvalue weighted by Crippen LogP contribution is 2.60. The van der Waals surface area contributed by atoms with Crippen molar-refractivity contribution in [1.29, 1.82) is 0 Å². The van der Waals surface area contributed by atoms with Gasteiger partial charge in [0.25, 0.3) is 5.91 Å². The summed E-state index contributed by atoms with van der Waals surface area (Å²) < 4.78 is 14.6. The number of aliphatic hydroxyl groups excluding tert-OH is 1. The van der Waals surface area contributed by atoms with Gasteiger partial charge in [-0.1, -0.05) is 72.9 Å². The number of benzene rings is 3. The SMILES string of the molecule is COc1ccc([Si](C)(C)[C@@H]2[C@@H](CCn3cc(CCO)nn3)O[C@]3(C(=O)N(Cc4ccccc4)c4ccc(N5CCC5=O)cc43)[C@H]2C)cc1. The van der Waals surface area contributed by atoms with Crippen LogP contribution in [-0.4, -0.2) is 66.4 Å². The summed E-state index contributed by atoms with van der Waals surface area (Å²) in [7, 11) is -0.657. The maximum absolute atomic E-state index is 15.1. The van der Waals surface area contributed by atoms with Crippen molar-refractivity contribution in [2.24, 2.45) is 5.92 Å². The third kappa shape index (κ3) is 5.34. The van der Waals surface area contributed by atoms with Gasteiger partial charge < -0.3 is 24.4 Å². The van der Waals surface area contributed by atoms with Crippen molar-refractivity contribution < 1.29 is 24.2 Å². The highest BCUT2D eigenvalue weighted by atomic mass is 28.3. The quantitative estimate of drug-likeness (QED) is 0.187. The summed E-state index contributed by atoms with van der Waals surface area (Å²) in [5.41, 5.74) is 3.10. The van der Waals surface area contributed by atoms with E-state index < -0.39 is 13.7 Å². The lowest BCUT2D eigenvalue weighted by atomic mass is 9.82. The van der Waals surface area contributed by atoms with Crippen LogP contribution < -0.4 is 19.7 Å². The minimum Gasteiger partial charge on any atom is -0.497 e. The van der Waals surface area contributed by atoms with Crippen LogP contribution in [0.2, 0.25) is 18.6 Å². The van der Waals surface area contributed by atoms with E-state index in [4.69, 9.17) is 9.47 Å². The minimum absolute atomic E-state index is 0.0141.